The minimum Gasteiger partial charge on any atom is -0.493 e. The van der Waals surface area contributed by atoms with Crippen molar-refractivity contribution < 1.29 is 4.74 Å². The molecule has 3 atom stereocenters. The maximum absolute atomic E-state index is 6.01. The lowest BCUT2D eigenvalue weighted by Gasteiger charge is -2.21. The number of ether oxygens (including phenoxy) is 1. The van der Waals surface area contributed by atoms with Crippen molar-refractivity contribution >= 4 is 10.9 Å². The average Bonchev–Trinajstić information content (AvgIpc) is 3.11. The molecule has 2 aliphatic rings. The largest absolute Gasteiger partial charge is 0.493 e. The molecule has 2 heteroatoms. The summed E-state index contributed by atoms with van der Waals surface area (Å²) in [5.74, 6) is 3.79. The van der Waals surface area contributed by atoms with Crippen molar-refractivity contribution in [2.45, 2.75) is 25.7 Å². The average molecular weight is 241 g/mol. The molecule has 0 amide bonds. The molecule has 2 aliphatic carbocycles. The Morgan fingerprint density at radius 3 is 3.00 bits per heavy atom. The highest BCUT2D eigenvalue weighted by Crippen LogP contribution is 2.48. The van der Waals surface area contributed by atoms with Gasteiger partial charge in [-0.25, -0.2) is 0 Å². The van der Waals surface area contributed by atoms with Gasteiger partial charge in [-0.2, -0.15) is 0 Å². The van der Waals surface area contributed by atoms with Gasteiger partial charge in [0.2, 0.25) is 0 Å². The zero-order chi connectivity index (χ0) is 11.9. The number of rotatable bonds is 3. The molecular weight excluding hydrogens is 222 g/mol. The molecule has 0 radical (unpaired) electrons. The third kappa shape index (κ3) is 1.71. The van der Waals surface area contributed by atoms with E-state index in [1.165, 1.54) is 36.6 Å². The smallest absolute Gasteiger partial charge is 0.120 e. The van der Waals surface area contributed by atoms with Crippen molar-refractivity contribution in [1.29, 1.82) is 0 Å². The SMILES string of the molecule is c1cc2cc(OCC3CC4CCC3C4)ccc2[nH]1. The van der Waals surface area contributed by atoms with Crippen LogP contribution >= 0.6 is 0 Å². The van der Waals surface area contributed by atoms with Crippen LogP contribution in [0.4, 0.5) is 0 Å². The first kappa shape index (κ1) is 10.5. The van der Waals surface area contributed by atoms with Gasteiger partial charge >= 0.3 is 0 Å². The second-order valence-corrected chi connectivity index (χ2v) is 5.97. The second kappa shape index (κ2) is 4.04. The van der Waals surface area contributed by atoms with E-state index in [9.17, 15) is 0 Å². The number of aromatic nitrogens is 1. The highest BCUT2D eigenvalue weighted by atomic mass is 16.5. The normalized spacial score (nSPS) is 30.1. The third-order valence-corrected chi connectivity index (χ3v) is 4.87. The van der Waals surface area contributed by atoms with Crippen LogP contribution in [0, 0.1) is 17.8 Å². The summed E-state index contributed by atoms with van der Waals surface area (Å²) in [7, 11) is 0. The fourth-order valence-corrected chi connectivity index (χ4v) is 3.91. The van der Waals surface area contributed by atoms with E-state index in [0.717, 1.165) is 30.1 Å². The van der Waals surface area contributed by atoms with Crippen LogP contribution in [0.5, 0.6) is 5.75 Å². The molecule has 0 spiro atoms. The van der Waals surface area contributed by atoms with Crippen LogP contribution in [0.2, 0.25) is 0 Å². The van der Waals surface area contributed by atoms with Crippen molar-refractivity contribution in [3.05, 3.63) is 30.5 Å². The van der Waals surface area contributed by atoms with E-state index in [1.807, 2.05) is 6.20 Å². The molecule has 3 unspecified atom stereocenters. The van der Waals surface area contributed by atoms with Crippen molar-refractivity contribution in [1.82, 2.24) is 4.98 Å². The summed E-state index contributed by atoms with van der Waals surface area (Å²) in [6.07, 6.45) is 7.75. The van der Waals surface area contributed by atoms with Gasteiger partial charge in [0.05, 0.1) is 6.61 Å². The standard InChI is InChI=1S/C16H19NO/c1-2-12-7-11(1)8-14(12)10-18-15-3-4-16-13(9-15)5-6-17-16/h3-6,9,11-12,14,17H,1-2,7-8,10H2. The predicted molar refractivity (Wildman–Crippen MR) is 72.7 cm³/mol. The van der Waals surface area contributed by atoms with Crippen LogP contribution in [0.15, 0.2) is 30.5 Å². The second-order valence-electron chi connectivity index (χ2n) is 5.97. The minimum atomic E-state index is 0.811. The third-order valence-electron chi connectivity index (χ3n) is 4.87. The van der Waals surface area contributed by atoms with E-state index < -0.39 is 0 Å². The zero-order valence-corrected chi connectivity index (χ0v) is 10.6. The fourth-order valence-electron chi connectivity index (χ4n) is 3.91. The number of benzene rings is 1. The summed E-state index contributed by atoms with van der Waals surface area (Å²) in [5, 5.41) is 1.24. The van der Waals surface area contributed by atoms with Gasteiger partial charge in [0.1, 0.15) is 5.75 Å². The topological polar surface area (TPSA) is 25.0 Å². The van der Waals surface area contributed by atoms with E-state index in [0.29, 0.717) is 0 Å². The van der Waals surface area contributed by atoms with E-state index in [2.05, 4.69) is 29.2 Å². The Morgan fingerprint density at radius 2 is 2.17 bits per heavy atom. The summed E-state index contributed by atoms with van der Waals surface area (Å²) >= 11 is 0. The van der Waals surface area contributed by atoms with Gasteiger partial charge in [0.15, 0.2) is 0 Å². The molecule has 2 nitrogen and oxygen atoms in total. The molecule has 2 saturated carbocycles. The Bertz CT molecular complexity index is 559. The van der Waals surface area contributed by atoms with E-state index in [4.69, 9.17) is 4.74 Å². The van der Waals surface area contributed by atoms with Crippen LogP contribution < -0.4 is 4.74 Å². The molecule has 1 N–H and O–H groups in total. The van der Waals surface area contributed by atoms with E-state index in [1.54, 1.807) is 0 Å². The summed E-state index contributed by atoms with van der Waals surface area (Å²) in [6.45, 7) is 0.914. The van der Waals surface area contributed by atoms with Crippen LogP contribution in [-0.2, 0) is 0 Å². The predicted octanol–water partition coefficient (Wildman–Crippen LogP) is 3.98. The summed E-state index contributed by atoms with van der Waals surface area (Å²) in [5.41, 5.74) is 1.18. The maximum atomic E-state index is 6.01. The summed E-state index contributed by atoms with van der Waals surface area (Å²) in [6, 6.07) is 8.41. The molecule has 94 valence electrons. The van der Waals surface area contributed by atoms with Gasteiger partial charge in [0, 0.05) is 17.1 Å². The molecule has 4 rings (SSSR count). The van der Waals surface area contributed by atoms with E-state index in [-0.39, 0.29) is 0 Å². The monoisotopic (exact) mass is 241 g/mol. The molecule has 0 aliphatic heterocycles. The highest BCUT2D eigenvalue weighted by Gasteiger charge is 2.39. The van der Waals surface area contributed by atoms with Gasteiger partial charge < -0.3 is 9.72 Å². The van der Waals surface area contributed by atoms with Crippen molar-refractivity contribution in [3.63, 3.8) is 0 Å². The van der Waals surface area contributed by atoms with Crippen LogP contribution in [0.25, 0.3) is 10.9 Å². The van der Waals surface area contributed by atoms with Crippen LogP contribution in [-0.4, -0.2) is 11.6 Å². The lowest BCUT2D eigenvalue weighted by atomic mass is 9.89. The molecule has 2 aromatic rings. The zero-order valence-electron chi connectivity index (χ0n) is 10.6. The molecule has 1 heterocycles. The lowest BCUT2D eigenvalue weighted by molar-refractivity contribution is 0.195. The Balaban J connectivity index is 1.45. The quantitative estimate of drug-likeness (QED) is 0.863. The Kier molecular flexibility index (Phi) is 2.35. The van der Waals surface area contributed by atoms with Crippen LogP contribution in [0.1, 0.15) is 25.7 Å². The maximum Gasteiger partial charge on any atom is 0.120 e. The summed E-state index contributed by atoms with van der Waals surface area (Å²) < 4.78 is 6.01. The molecule has 18 heavy (non-hydrogen) atoms. The Hall–Kier alpha value is -1.44. The van der Waals surface area contributed by atoms with Crippen molar-refractivity contribution in [3.8, 4) is 5.75 Å². The number of nitrogens with one attached hydrogen (secondary N) is 1. The Labute approximate surface area is 107 Å². The Morgan fingerprint density at radius 1 is 1.17 bits per heavy atom. The molecule has 1 aromatic carbocycles. The number of hydrogen-bond donors (Lipinski definition) is 1. The number of fused-ring (bicyclic) bond motifs is 3. The fraction of sp³-hybridized carbons (Fsp3) is 0.500. The summed E-state index contributed by atoms with van der Waals surface area (Å²) in [4.78, 5) is 3.21. The number of H-pyrrole nitrogens is 1. The van der Waals surface area contributed by atoms with Gasteiger partial charge in [-0.1, -0.05) is 6.42 Å². The van der Waals surface area contributed by atoms with E-state index >= 15 is 0 Å². The van der Waals surface area contributed by atoms with Crippen LogP contribution in [0.3, 0.4) is 0 Å². The molecule has 2 fully saturated rings. The molecular formula is C16H19NO. The number of aromatic amines is 1. The molecule has 1 aromatic heterocycles. The van der Waals surface area contributed by atoms with Gasteiger partial charge in [-0.05, 0) is 61.3 Å². The van der Waals surface area contributed by atoms with Crippen molar-refractivity contribution in [2.75, 3.05) is 6.61 Å². The first-order valence-electron chi connectivity index (χ1n) is 7.08. The van der Waals surface area contributed by atoms with Gasteiger partial charge in [-0.3, -0.25) is 0 Å². The molecule has 2 bridgehead atoms. The number of hydrogen-bond acceptors (Lipinski definition) is 1. The van der Waals surface area contributed by atoms with Crippen molar-refractivity contribution in [2.24, 2.45) is 17.8 Å². The van der Waals surface area contributed by atoms with Gasteiger partial charge in [-0.15, -0.1) is 0 Å². The highest BCUT2D eigenvalue weighted by molar-refractivity contribution is 5.80. The lowest BCUT2D eigenvalue weighted by Crippen LogP contribution is -2.18. The first-order chi connectivity index (χ1) is 8.88. The van der Waals surface area contributed by atoms with Gasteiger partial charge in [0.25, 0.3) is 0 Å². The first-order valence-corrected chi connectivity index (χ1v) is 7.08. The molecule has 0 saturated heterocycles. The minimum absolute atomic E-state index is 0.811.